The third kappa shape index (κ3) is 6.57. The van der Waals surface area contributed by atoms with Crippen LogP contribution in [0.4, 0.5) is 0 Å². The maximum atomic E-state index is 13.4. The van der Waals surface area contributed by atoms with Gasteiger partial charge in [0.05, 0.1) is 6.42 Å². The highest BCUT2D eigenvalue weighted by Gasteiger charge is 2.30. The summed E-state index contributed by atoms with van der Waals surface area (Å²) in [7, 11) is 0. The Kier molecular flexibility index (Phi) is 8.53. The fourth-order valence-electron chi connectivity index (χ4n) is 4.31. The van der Waals surface area contributed by atoms with Crippen LogP contribution in [-0.4, -0.2) is 28.8 Å². The van der Waals surface area contributed by atoms with Crippen LogP contribution in [0.15, 0.2) is 48.5 Å². The molecule has 0 bridgehead atoms. The van der Waals surface area contributed by atoms with Gasteiger partial charge in [0.1, 0.15) is 6.04 Å². The van der Waals surface area contributed by atoms with Gasteiger partial charge < -0.3 is 10.2 Å². The first-order chi connectivity index (χ1) is 15.0. The Morgan fingerprint density at radius 3 is 2.39 bits per heavy atom. The van der Waals surface area contributed by atoms with Crippen LogP contribution in [0.2, 0.25) is 5.02 Å². The van der Waals surface area contributed by atoms with Crippen molar-refractivity contribution in [3.05, 3.63) is 70.2 Å². The van der Waals surface area contributed by atoms with E-state index < -0.39 is 6.04 Å². The third-order valence-corrected chi connectivity index (χ3v) is 6.46. The van der Waals surface area contributed by atoms with Gasteiger partial charge in [0.25, 0.3) is 0 Å². The van der Waals surface area contributed by atoms with Gasteiger partial charge in [-0.3, -0.25) is 9.59 Å². The number of nitrogens with zero attached hydrogens (tertiary/aromatic N) is 1. The Balaban J connectivity index is 1.81. The smallest absolute Gasteiger partial charge is 0.243 e. The molecule has 2 aromatic rings. The van der Waals surface area contributed by atoms with Crippen LogP contribution in [0.3, 0.4) is 0 Å². The average molecular weight is 441 g/mol. The van der Waals surface area contributed by atoms with E-state index in [-0.39, 0.29) is 24.3 Å². The predicted molar refractivity (Wildman–Crippen MR) is 126 cm³/mol. The molecule has 1 fully saturated rings. The third-order valence-electron chi connectivity index (χ3n) is 6.21. The first-order valence-corrected chi connectivity index (χ1v) is 11.7. The van der Waals surface area contributed by atoms with E-state index in [9.17, 15) is 9.59 Å². The van der Waals surface area contributed by atoms with Crippen molar-refractivity contribution in [2.75, 3.05) is 0 Å². The second-order valence-corrected chi connectivity index (χ2v) is 8.96. The molecule has 4 nitrogen and oxygen atoms in total. The quantitative estimate of drug-likeness (QED) is 0.593. The molecular weight excluding hydrogens is 408 g/mol. The molecule has 2 amide bonds. The standard InChI is InChI=1S/C26H33ClN2O2/c1-3-24(26(31)28-23-11-5-4-6-12-23)29(18-21-10-8-7-9-19(21)2)25(30)17-20-13-15-22(27)16-14-20/h7-10,13-16,23-24H,3-6,11-12,17-18H2,1-2H3,(H,28,31). The van der Waals surface area contributed by atoms with Crippen LogP contribution >= 0.6 is 11.6 Å². The van der Waals surface area contributed by atoms with Crippen molar-refractivity contribution in [1.82, 2.24) is 10.2 Å². The molecule has 2 aromatic carbocycles. The van der Waals surface area contributed by atoms with Gasteiger partial charge in [-0.25, -0.2) is 0 Å². The lowest BCUT2D eigenvalue weighted by molar-refractivity contribution is -0.141. The summed E-state index contributed by atoms with van der Waals surface area (Å²) in [6.07, 6.45) is 6.43. The highest BCUT2D eigenvalue weighted by molar-refractivity contribution is 6.30. The van der Waals surface area contributed by atoms with Gasteiger partial charge in [-0.1, -0.05) is 74.2 Å². The van der Waals surface area contributed by atoms with Crippen LogP contribution in [0.1, 0.15) is 62.1 Å². The average Bonchev–Trinajstić information content (AvgIpc) is 2.77. The van der Waals surface area contributed by atoms with Gasteiger partial charge in [-0.05, 0) is 55.0 Å². The number of nitrogens with one attached hydrogen (secondary N) is 1. The minimum Gasteiger partial charge on any atom is -0.352 e. The summed E-state index contributed by atoms with van der Waals surface area (Å²) in [6, 6.07) is 15.1. The van der Waals surface area contributed by atoms with Crippen LogP contribution in [0, 0.1) is 6.92 Å². The Labute approximate surface area is 191 Å². The lowest BCUT2D eigenvalue weighted by Crippen LogP contribution is -2.52. The first-order valence-electron chi connectivity index (χ1n) is 11.4. The molecule has 1 atom stereocenters. The summed E-state index contributed by atoms with van der Waals surface area (Å²) in [6.45, 7) is 4.45. The van der Waals surface area contributed by atoms with E-state index >= 15 is 0 Å². The zero-order valence-corrected chi connectivity index (χ0v) is 19.3. The molecule has 1 aliphatic carbocycles. The molecule has 1 N–H and O–H groups in total. The highest BCUT2D eigenvalue weighted by Crippen LogP contribution is 2.20. The van der Waals surface area contributed by atoms with Crippen LogP contribution in [-0.2, 0) is 22.6 Å². The summed E-state index contributed by atoms with van der Waals surface area (Å²) < 4.78 is 0. The molecule has 0 saturated heterocycles. The van der Waals surface area contributed by atoms with Gasteiger partial charge in [0.2, 0.25) is 11.8 Å². The maximum Gasteiger partial charge on any atom is 0.243 e. The van der Waals surface area contributed by atoms with Crippen molar-refractivity contribution in [3.8, 4) is 0 Å². The zero-order valence-electron chi connectivity index (χ0n) is 18.6. The summed E-state index contributed by atoms with van der Waals surface area (Å²) in [5.41, 5.74) is 3.08. The zero-order chi connectivity index (χ0) is 22.2. The summed E-state index contributed by atoms with van der Waals surface area (Å²) in [5, 5.41) is 3.87. The molecule has 0 spiro atoms. The topological polar surface area (TPSA) is 49.4 Å². The van der Waals surface area contributed by atoms with Gasteiger partial charge in [-0.2, -0.15) is 0 Å². The Bertz CT molecular complexity index is 875. The lowest BCUT2D eigenvalue weighted by Gasteiger charge is -2.33. The van der Waals surface area contributed by atoms with Gasteiger partial charge in [0, 0.05) is 17.6 Å². The number of rotatable bonds is 8. The molecule has 3 rings (SSSR count). The number of halogens is 1. The van der Waals surface area contributed by atoms with Crippen LogP contribution < -0.4 is 5.32 Å². The number of hydrogen-bond donors (Lipinski definition) is 1. The Morgan fingerprint density at radius 1 is 1.06 bits per heavy atom. The SMILES string of the molecule is CCC(C(=O)NC1CCCCC1)N(Cc1ccccc1C)C(=O)Cc1ccc(Cl)cc1. The minimum absolute atomic E-state index is 0.0348. The van der Waals surface area contributed by atoms with Crippen molar-refractivity contribution in [1.29, 1.82) is 0 Å². The first kappa shape index (κ1) is 23.3. The second-order valence-electron chi connectivity index (χ2n) is 8.52. The second kappa shape index (κ2) is 11.3. The number of carbonyl (C=O) groups excluding carboxylic acids is 2. The number of benzene rings is 2. The van der Waals surface area contributed by atoms with Crippen LogP contribution in [0.5, 0.6) is 0 Å². The number of carbonyl (C=O) groups is 2. The highest BCUT2D eigenvalue weighted by atomic mass is 35.5. The fraction of sp³-hybridized carbons (Fsp3) is 0.462. The van der Waals surface area contributed by atoms with E-state index in [2.05, 4.69) is 5.32 Å². The molecule has 0 radical (unpaired) electrons. The van der Waals surface area contributed by atoms with Gasteiger partial charge >= 0.3 is 0 Å². The van der Waals surface area contributed by atoms with Crippen molar-refractivity contribution < 1.29 is 9.59 Å². The van der Waals surface area contributed by atoms with Crippen molar-refractivity contribution in [3.63, 3.8) is 0 Å². The molecule has 0 heterocycles. The van der Waals surface area contributed by atoms with Crippen molar-refractivity contribution in [2.24, 2.45) is 0 Å². The van der Waals surface area contributed by atoms with Crippen molar-refractivity contribution in [2.45, 2.75) is 77.4 Å². The predicted octanol–water partition coefficient (Wildman–Crippen LogP) is 5.45. The van der Waals surface area contributed by atoms with E-state index in [0.717, 1.165) is 42.4 Å². The molecule has 0 aromatic heterocycles. The van der Waals surface area contributed by atoms with E-state index in [1.165, 1.54) is 6.42 Å². The summed E-state index contributed by atoms with van der Waals surface area (Å²) >= 11 is 5.99. The number of hydrogen-bond acceptors (Lipinski definition) is 2. The van der Waals surface area contributed by atoms with Gasteiger partial charge in [0.15, 0.2) is 0 Å². The summed E-state index contributed by atoms with van der Waals surface area (Å²) in [4.78, 5) is 28.4. The largest absolute Gasteiger partial charge is 0.352 e. The van der Waals surface area contributed by atoms with Crippen molar-refractivity contribution >= 4 is 23.4 Å². The monoisotopic (exact) mass is 440 g/mol. The fourth-order valence-corrected chi connectivity index (χ4v) is 4.44. The number of amides is 2. The molecule has 166 valence electrons. The number of aryl methyl sites for hydroxylation is 1. The molecule has 5 heteroatoms. The maximum absolute atomic E-state index is 13.4. The van der Waals surface area contributed by atoms with E-state index in [0.29, 0.717) is 18.0 Å². The Hall–Kier alpha value is -2.33. The van der Waals surface area contributed by atoms with E-state index in [1.807, 2.05) is 50.2 Å². The van der Waals surface area contributed by atoms with Crippen LogP contribution in [0.25, 0.3) is 0 Å². The normalized spacial score (nSPS) is 15.3. The molecular formula is C26H33ClN2O2. The molecule has 1 aliphatic rings. The van der Waals surface area contributed by atoms with Gasteiger partial charge in [-0.15, -0.1) is 0 Å². The molecule has 31 heavy (non-hydrogen) atoms. The minimum atomic E-state index is -0.485. The molecule has 0 aliphatic heterocycles. The molecule has 1 unspecified atom stereocenters. The lowest BCUT2D eigenvalue weighted by atomic mass is 9.95. The Morgan fingerprint density at radius 2 is 1.74 bits per heavy atom. The summed E-state index contributed by atoms with van der Waals surface area (Å²) in [5.74, 6) is -0.0799. The van der Waals surface area contributed by atoms with E-state index in [1.54, 1.807) is 17.0 Å². The molecule has 1 saturated carbocycles. The van der Waals surface area contributed by atoms with E-state index in [4.69, 9.17) is 11.6 Å².